The summed E-state index contributed by atoms with van der Waals surface area (Å²) in [7, 11) is 1.32. The number of ether oxygens (including phenoxy) is 1. The Labute approximate surface area is 91.8 Å². The summed E-state index contributed by atoms with van der Waals surface area (Å²) >= 11 is 1.23. The maximum absolute atomic E-state index is 13.0. The minimum atomic E-state index is -0.342. The summed E-state index contributed by atoms with van der Waals surface area (Å²) in [5.74, 6) is -0.506. The molecule has 0 aromatic heterocycles. The SMILES string of the molecule is COC(=O)CSc1cc(F)cc(CN)c1. The van der Waals surface area contributed by atoms with Crippen LogP contribution < -0.4 is 5.73 Å². The van der Waals surface area contributed by atoms with E-state index in [0.717, 1.165) is 0 Å². The molecule has 15 heavy (non-hydrogen) atoms. The molecule has 0 bridgehead atoms. The Morgan fingerprint density at radius 3 is 2.87 bits per heavy atom. The van der Waals surface area contributed by atoms with Crippen LogP contribution in [0.2, 0.25) is 0 Å². The Kier molecular flexibility index (Phi) is 4.58. The van der Waals surface area contributed by atoms with Gasteiger partial charge in [0.2, 0.25) is 0 Å². The van der Waals surface area contributed by atoms with Crippen molar-refractivity contribution in [2.45, 2.75) is 11.4 Å². The van der Waals surface area contributed by atoms with Crippen LogP contribution in [-0.2, 0) is 16.1 Å². The van der Waals surface area contributed by atoms with Gasteiger partial charge in [-0.3, -0.25) is 4.79 Å². The van der Waals surface area contributed by atoms with Gasteiger partial charge >= 0.3 is 5.97 Å². The van der Waals surface area contributed by atoms with Crippen molar-refractivity contribution in [2.75, 3.05) is 12.9 Å². The minimum absolute atomic E-state index is 0.171. The molecular formula is C10H12FNO2S. The number of hydrogen-bond donors (Lipinski definition) is 1. The van der Waals surface area contributed by atoms with E-state index in [1.165, 1.54) is 31.0 Å². The van der Waals surface area contributed by atoms with Gasteiger partial charge < -0.3 is 10.5 Å². The highest BCUT2D eigenvalue weighted by molar-refractivity contribution is 8.00. The van der Waals surface area contributed by atoms with Gasteiger partial charge in [0, 0.05) is 11.4 Å². The zero-order valence-electron chi connectivity index (χ0n) is 8.33. The number of carbonyl (C=O) groups excluding carboxylic acids is 1. The maximum atomic E-state index is 13.0. The molecule has 1 rings (SSSR count). The van der Waals surface area contributed by atoms with Gasteiger partial charge in [-0.2, -0.15) is 0 Å². The zero-order chi connectivity index (χ0) is 11.3. The summed E-state index contributed by atoms with van der Waals surface area (Å²) in [6.45, 7) is 0.281. The van der Waals surface area contributed by atoms with Gasteiger partial charge in [-0.25, -0.2) is 4.39 Å². The van der Waals surface area contributed by atoms with E-state index in [0.29, 0.717) is 10.5 Å². The van der Waals surface area contributed by atoms with E-state index in [4.69, 9.17) is 5.73 Å². The Morgan fingerprint density at radius 1 is 1.53 bits per heavy atom. The number of carbonyl (C=O) groups is 1. The largest absolute Gasteiger partial charge is 0.468 e. The van der Waals surface area contributed by atoms with Crippen molar-refractivity contribution in [3.8, 4) is 0 Å². The summed E-state index contributed by atoms with van der Waals surface area (Å²) in [6.07, 6.45) is 0. The molecule has 0 spiro atoms. The first-order valence-corrected chi connectivity index (χ1v) is 5.33. The Bertz CT molecular complexity index is 357. The van der Waals surface area contributed by atoms with Crippen molar-refractivity contribution in [1.82, 2.24) is 0 Å². The van der Waals surface area contributed by atoms with E-state index in [2.05, 4.69) is 4.74 Å². The molecule has 0 aliphatic carbocycles. The summed E-state index contributed by atoms with van der Waals surface area (Å²) < 4.78 is 17.5. The normalized spacial score (nSPS) is 10.1. The first kappa shape index (κ1) is 12.0. The van der Waals surface area contributed by atoms with E-state index >= 15 is 0 Å². The fourth-order valence-corrected chi connectivity index (χ4v) is 1.86. The predicted octanol–water partition coefficient (Wildman–Crippen LogP) is 1.55. The molecule has 0 saturated heterocycles. The van der Waals surface area contributed by atoms with Crippen LogP contribution in [0.25, 0.3) is 0 Å². The average molecular weight is 229 g/mol. The van der Waals surface area contributed by atoms with Gasteiger partial charge in [0.25, 0.3) is 0 Å². The van der Waals surface area contributed by atoms with Crippen molar-refractivity contribution in [1.29, 1.82) is 0 Å². The molecule has 0 aliphatic heterocycles. The van der Waals surface area contributed by atoms with Crippen LogP contribution in [0.15, 0.2) is 23.1 Å². The third-order valence-corrected chi connectivity index (χ3v) is 2.70. The monoisotopic (exact) mass is 229 g/mol. The lowest BCUT2D eigenvalue weighted by Crippen LogP contribution is -2.03. The highest BCUT2D eigenvalue weighted by atomic mass is 32.2. The molecule has 1 aromatic carbocycles. The molecule has 3 nitrogen and oxygen atoms in total. The van der Waals surface area contributed by atoms with Crippen molar-refractivity contribution in [3.63, 3.8) is 0 Å². The minimum Gasteiger partial charge on any atom is -0.468 e. The van der Waals surface area contributed by atoms with Gasteiger partial charge in [-0.15, -0.1) is 11.8 Å². The van der Waals surface area contributed by atoms with Crippen molar-refractivity contribution >= 4 is 17.7 Å². The highest BCUT2D eigenvalue weighted by Crippen LogP contribution is 2.20. The van der Waals surface area contributed by atoms with Gasteiger partial charge in [0.1, 0.15) is 5.82 Å². The van der Waals surface area contributed by atoms with Gasteiger partial charge in [-0.05, 0) is 23.8 Å². The quantitative estimate of drug-likeness (QED) is 0.628. The zero-order valence-corrected chi connectivity index (χ0v) is 9.14. The van der Waals surface area contributed by atoms with Crippen LogP contribution in [0, 0.1) is 5.82 Å². The van der Waals surface area contributed by atoms with Crippen molar-refractivity contribution in [3.05, 3.63) is 29.6 Å². The van der Waals surface area contributed by atoms with Crippen LogP contribution >= 0.6 is 11.8 Å². The van der Waals surface area contributed by atoms with Crippen molar-refractivity contribution in [2.24, 2.45) is 5.73 Å². The topological polar surface area (TPSA) is 52.3 Å². The molecule has 0 atom stereocenters. The van der Waals surface area contributed by atoms with Gasteiger partial charge in [0.15, 0.2) is 0 Å². The number of methoxy groups -OCH3 is 1. The third-order valence-electron chi connectivity index (χ3n) is 1.75. The number of rotatable bonds is 4. The number of benzene rings is 1. The molecular weight excluding hydrogens is 217 g/mol. The molecule has 0 saturated carbocycles. The number of hydrogen-bond acceptors (Lipinski definition) is 4. The lowest BCUT2D eigenvalue weighted by Gasteiger charge is -2.03. The second-order valence-corrected chi connectivity index (χ2v) is 3.91. The van der Waals surface area contributed by atoms with Gasteiger partial charge in [-0.1, -0.05) is 0 Å². The van der Waals surface area contributed by atoms with Crippen LogP contribution in [0.4, 0.5) is 4.39 Å². The molecule has 0 fully saturated rings. The molecule has 5 heteroatoms. The van der Waals surface area contributed by atoms with Crippen molar-refractivity contribution < 1.29 is 13.9 Å². The standard InChI is InChI=1S/C10H12FNO2S/c1-14-10(13)6-15-9-3-7(5-12)2-8(11)4-9/h2-4H,5-6,12H2,1H3. The number of esters is 1. The molecule has 0 radical (unpaired) electrons. The second kappa shape index (κ2) is 5.72. The smallest absolute Gasteiger partial charge is 0.315 e. The maximum Gasteiger partial charge on any atom is 0.315 e. The van der Waals surface area contributed by atoms with E-state index in [-0.39, 0.29) is 24.1 Å². The van der Waals surface area contributed by atoms with Crippen LogP contribution in [0.5, 0.6) is 0 Å². The molecule has 2 N–H and O–H groups in total. The number of thioether (sulfide) groups is 1. The number of nitrogens with two attached hydrogens (primary N) is 1. The van der Waals surface area contributed by atoms with E-state index in [1.807, 2.05) is 0 Å². The number of halogens is 1. The molecule has 0 unspecified atom stereocenters. The Balaban J connectivity index is 2.68. The summed E-state index contributed by atoms with van der Waals surface area (Å²) in [5.41, 5.74) is 6.11. The lowest BCUT2D eigenvalue weighted by atomic mass is 10.2. The summed E-state index contributed by atoms with van der Waals surface area (Å²) in [5, 5.41) is 0. The Morgan fingerprint density at radius 2 is 2.27 bits per heavy atom. The van der Waals surface area contributed by atoms with E-state index in [9.17, 15) is 9.18 Å². The summed E-state index contributed by atoms with van der Waals surface area (Å²) in [6, 6.07) is 4.51. The molecule has 1 aromatic rings. The lowest BCUT2D eigenvalue weighted by molar-refractivity contribution is -0.137. The molecule has 0 amide bonds. The average Bonchev–Trinajstić information content (AvgIpc) is 2.25. The highest BCUT2D eigenvalue weighted by Gasteiger charge is 2.04. The van der Waals surface area contributed by atoms with E-state index < -0.39 is 0 Å². The molecule has 0 heterocycles. The fourth-order valence-electron chi connectivity index (χ4n) is 1.02. The van der Waals surface area contributed by atoms with Crippen LogP contribution in [0.3, 0.4) is 0 Å². The molecule has 82 valence electrons. The van der Waals surface area contributed by atoms with E-state index in [1.54, 1.807) is 6.07 Å². The second-order valence-electron chi connectivity index (χ2n) is 2.86. The van der Waals surface area contributed by atoms with Gasteiger partial charge in [0.05, 0.1) is 12.9 Å². The summed E-state index contributed by atoms with van der Waals surface area (Å²) in [4.78, 5) is 11.5. The Hall–Kier alpha value is -1.07. The first-order valence-electron chi connectivity index (χ1n) is 4.35. The van der Waals surface area contributed by atoms with Crippen LogP contribution in [-0.4, -0.2) is 18.8 Å². The predicted molar refractivity (Wildman–Crippen MR) is 57.0 cm³/mol. The molecule has 0 aliphatic rings. The fraction of sp³-hybridized carbons (Fsp3) is 0.300. The third kappa shape index (κ3) is 3.89. The van der Waals surface area contributed by atoms with Crippen LogP contribution in [0.1, 0.15) is 5.56 Å². The first-order chi connectivity index (χ1) is 7.15.